The van der Waals surface area contributed by atoms with Crippen LogP contribution in [0.4, 0.5) is 17.2 Å². The standard InChI is InChI=1S/C22H23N7O2.C3H6/c1-27-8-10-28(11-9-27)17-4-2-16(3-5-17)26-21-22-24-6-7-29(22)18(13-25-21)19-12-15(14-31-19)20(23)30;1-3-2/h2-7,12-14H,8-11H2,1H3,(H2,23,30)(H,25,26);3H,1H2,2H3. The Morgan fingerprint density at radius 2 is 1.88 bits per heavy atom. The third-order valence-corrected chi connectivity index (χ3v) is 5.56. The minimum atomic E-state index is -0.539. The molecule has 9 heteroatoms. The highest BCUT2D eigenvalue weighted by Crippen LogP contribution is 2.27. The van der Waals surface area contributed by atoms with Crippen LogP contribution in [0.25, 0.3) is 17.1 Å². The summed E-state index contributed by atoms with van der Waals surface area (Å²) in [5, 5.41) is 3.35. The number of nitrogens with zero attached hydrogens (tertiary/aromatic N) is 5. The van der Waals surface area contributed by atoms with E-state index in [1.165, 1.54) is 12.0 Å². The van der Waals surface area contributed by atoms with E-state index in [4.69, 9.17) is 10.2 Å². The average molecular weight is 460 g/mol. The van der Waals surface area contributed by atoms with E-state index in [1.807, 2.05) is 29.7 Å². The number of amides is 1. The molecule has 34 heavy (non-hydrogen) atoms. The van der Waals surface area contributed by atoms with Gasteiger partial charge in [0.1, 0.15) is 12.0 Å². The SMILES string of the molecule is C=CC.CN1CCN(c2ccc(Nc3ncc(-c4cc(C(N)=O)co4)n4ccnc34)cc2)CC1. The number of hydrogen-bond acceptors (Lipinski definition) is 7. The Kier molecular flexibility index (Phi) is 6.93. The minimum absolute atomic E-state index is 0.311. The van der Waals surface area contributed by atoms with Crippen molar-refractivity contribution in [1.29, 1.82) is 0 Å². The molecule has 1 aliphatic heterocycles. The quantitative estimate of drug-likeness (QED) is 0.438. The van der Waals surface area contributed by atoms with Crippen molar-refractivity contribution in [3.8, 4) is 11.5 Å². The van der Waals surface area contributed by atoms with Crippen molar-refractivity contribution in [2.24, 2.45) is 5.73 Å². The zero-order valence-corrected chi connectivity index (χ0v) is 19.4. The van der Waals surface area contributed by atoms with Crippen LogP contribution in [-0.4, -0.2) is 58.4 Å². The number of benzene rings is 1. The Balaban J connectivity index is 0.000000868. The lowest BCUT2D eigenvalue weighted by molar-refractivity contribution is 0.0999. The first-order valence-corrected chi connectivity index (χ1v) is 11.1. The molecule has 3 aromatic heterocycles. The molecule has 5 rings (SSSR count). The van der Waals surface area contributed by atoms with Crippen LogP contribution < -0.4 is 16.0 Å². The molecule has 176 valence electrons. The predicted molar refractivity (Wildman–Crippen MR) is 135 cm³/mol. The topological polar surface area (TPSA) is 105 Å². The second-order valence-corrected chi connectivity index (χ2v) is 8.05. The van der Waals surface area contributed by atoms with Crippen LogP contribution in [-0.2, 0) is 0 Å². The number of nitrogens with one attached hydrogen (secondary N) is 1. The maximum Gasteiger partial charge on any atom is 0.251 e. The van der Waals surface area contributed by atoms with E-state index >= 15 is 0 Å². The Labute approximate surface area is 198 Å². The largest absolute Gasteiger partial charge is 0.462 e. The molecule has 1 amide bonds. The van der Waals surface area contributed by atoms with E-state index in [2.05, 4.69) is 50.8 Å². The van der Waals surface area contributed by atoms with Gasteiger partial charge >= 0.3 is 0 Å². The lowest BCUT2D eigenvalue weighted by Gasteiger charge is -2.34. The summed E-state index contributed by atoms with van der Waals surface area (Å²) in [5.41, 5.74) is 9.11. The summed E-state index contributed by atoms with van der Waals surface area (Å²) in [6, 6.07) is 9.95. The van der Waals surface area contributed by atoms with Gasteiger partial charge in [0.25, 0.3) is 5.91 Å². The van der Waals surface area contributed by atoms with E-state index < -0.39 is 5.91 Å². The molecule has 0 atom stereocenters. The summed E-state index contributed by atoms with van der Waals surface area (Å²) in [6.45, 7) is 9.46. The second-order valence-electron chi connectivity index (χ2n) is 8.05. The predicted octanol–water partition coefficient (Wildman–Crippen LogP) is 3.78. The zero-order valence-electron chi connectivity index (χ0n) is 19.4. The average Bonchev–Trinajstić information content (AvgIpc) is 3.52. The summed E-state index contributed by atoms with van der Waals surface area (Å²) >= 11 is 0. The molecule has 0 unspecified atom stereocenters. The summed E-state index contributed by atoms with van der Waals surface area (Å²) in [6.07, 6.45) is 8.29. The highest BCUT2D eigenvalue weighted by molar-refractivity contribution is 5.93. The van der Waals surface area contributed by atoms with Crippen LogP contribution in [0.1, 0.15) is 17.3 Å². The summed E-state index contributed by atoms with van der Waals surface area (Å²) in [4.78, 5) is 25.1. The number of piperazine rings is 1. The molecule has 9 nitrogen and oxygen atoms in total. The van der Waals surface area contributed by atoms with Gasteiger partial charge in [0.15, 0.2) is 17.2 Å². The van der Waals surface area contributed by atoms with E-state index in [1.54, 1.807) is 24.5 Å². The Morgan fingerprint density at radius 3 is 2.53 bits per heavy atom. The molecule has 0 bridgehead atoms. The van der Waals surface area contributed by atoms with Crippen molar-refractivity contribution in [1.82, 2.24) is 19.3 Å². The lowest BCUT2D eigenvalue weighted by Crippen LogP contribution is -2.44. The smallest absolute Gasteiger partial charge is 0.251 e. The first-order chi connectivity index (χ1) is 16.5. The van der Waals surface area contributed by atoms with Crippen LogP contribution in [0.15, 0.2) is 72.3 Å². The Morgan fingerprint density at radius 1 is 1.18 bits per heavy atom. The molecule has 3 N–H and O–H groups in total. The molecule has 1 fully saturated rings. The Bertz CT molecular complexity index is 1270. The number of aromatic nitrogens is 3. The number of imidazole rings is 1. The lowest BCUT2D eigenvalue weighted by atomic mass is 10.2. The monoisotopic (exact) mass is 459 g/mol. The first kappa shape index (κ1) is 23.1. The van der Waals surface area contributed by atoms with E-state index in [0.29, 0.717) is 28.5 Å². The van der Waals surface area contributed by atoms with Crippen molar-refractivity contribution in [2.75, 3.05) is 43.4 Å². The molecule has 1 aliphatic rings. The molecule has 0 aliphatic carbocycles. The van der Waals surface area contributed by atoms with Gasteiger partial charge in [-0.25, -0.2) is 9.97 Å². The van der Waals surface area contributed by atoms with Gasteiger partial charge in [0.05, 0.1) is 11.8 Å². The number of furan rings is 1. The van der Waals surface area contributed by atoms with Gasteiger partial charge in [-0.2, -0.15) is 0 Å². The van der Waals surface area contributed by atoms with Crippen molar-refractivity contribution < 1.29 is 9.21 Å². The minimum Gasteiger partial charge on any atom is -0.462 e. The third-order valence-electron chi connectivity index (χ3n) is 5.56. The van der Waals surface area contributed by atoms with Gasteiger partial charge < -0.3 is 25.3 Å². The number of rotatable bonds is 5. The van der Waals surface area contributed by atoms with Gasteiger partial charge in [-0.15, -0.1) is 6.58 Å². The first-order valence-electron chi connectivity index (χ1n) is 11.1. The molecule has 1 saturated heterocycles. The molecule has 0 spiro atoms. The van der Waals surface area contributed by atoms with Crippen LogP contribution in [0.3, 0.4) is 0 Å². The van der Waals surface area contributed by atoms with Crippen molar-refractivity contribution in [3.63, 3.8) is 0 Å². The number of carbonyl (C=O) groups is 1. The molecular formula is C25H29N7O2. The van der Waals surface area contributed by atoms with E-state index in [-0.39, 0.29) is 0 Å². The fraction of sp³-hybridized carbons (Fsp3) is 0.240. The van der Waals surface area contributed by atoms with Gasteiger partial charge in [0, 0.05) is 49.9 Å². The van der Waals surface area contributed by atoms with E-state index in [9.17, 15) is 4.79 Å². The fourth-order valence-corrected chi connectivity index (χ4v) is 3.75. The number of anilines is 3. The van der Waals surface area contributed by atoms with Gasteiger partial charge in [-0.05, 0) is 44.3 Å². The number of primary amides is 1. The molecular weight excluding hydrogens is 430 g/mol. The fourth-order valence-electron chi connectivity index (χ4n) is 3.75. The number of allylic oxidation sites excluding steroid dienone is 1. The van der Waals surface area contributed by atoms with Crippen LogP contribution >= 0.6 is 0 Å². The Hall–Kier alpha value is -4.11. The van der Waals surface area contributed by atoms with Gasteiger partial charge in [-0.1, -0.05) is 6.08 Å². The molecule has 4 aromatic rings. The second kappa shape index (κ2) is 10.2. The zero-order chi connectivity index (χ0) is 24.1. The number of carbonyl (C=O) groups excluding carboxylic acids is 1. The maximum absolute atomic E-state index is 11.4. The van der Waals surface area contributed by atoms with E-state index in [0.717, 1.165) is 31.9 Å². The van der Waals surface area contributed by atoms with Crippen LogP contribution in [0.5, 0.6) is 0 Å². The van der Waals surface area contributed by atoms with Crippen LogP contribution in [0.2, 0.25) is 0 Å². The molecule has 0 radical (unpaired) electrons. The van der Waals surface area contributed by atoms with Gasteiger partial charge in [-0.3, -0.25) is 9.20 Å². The highest BCUT2D eigenvalue weighted by Gasteiger charge is 2.16. The maximum atomic E-state index is 11.4. The number of nitrogens with two attached hydrogens (primary N) is 1. The number of hydrogen-bond donors (Lipinski definition) is 2. The normalized spacial score (nSPS) is 13.9. The van der Waals surface area contributed by atoms with Gasteiger partial charge in [0.2, 0.25) is 0 Å². The molecule has 1 aromatic carbocycles. The van der Waals surface area contributed by atoms with Crippen molar-refractivity contribution in [2.45, 2.75) is 6.92 Å². The number of fused-ring (bicyclic) bond motifs is 1. The van der Waals surface area contributed by atoms with Crippen LogP contribution in [0, 0.1) is 0 Å². The van der Waals surface area contributed by atoms with Crippen molar-refractivity contribution >= 4 is 28.7 Å². The van der Waals surface area contributed by atoms with Crippen molar-refractivity contribution in [3.05, 3.63) is 73.4 Å². The highest BCUT2D eigenvalue weighted by atomic mass is 16.3. The third kappa shape index (κ3) is 4.94. The molecule has 4 heterocycles. The summed E-state index contributed by atoms with van der Waals surface area (Å²) in [5.74, 6) is 0.582. The molecule has 0 saturated carbocycles. The summed E-state index contributed by atoms with van der Waals surface area (Å²) < 4.78 is 7.37. The number of likely N-dealkylation sites (N-methyl/N-ethyl adjacent to an activating group) is 1. The summed E-state index contributed by atoms with van der Waals surface area (Å²) in [7, 11) is 2.15.